The van der Waals surface area contributed by atoms with Gasteiger partial charge in [0.2, 0.25) is 0 Å². The number of halogens is 1. The molecule has 0 heterocycles. The summed E-state index contributed by atoms with van der Waals surface area (Å²) < 4.78 is 0.973. The van der Waals surface area contributed by atoms with Crippen molar-refractivity contribution in [2.75, 3.05) is 13.2 Å². The molecule has 0 radical (unpaired) electrons. The Morgan fingerprint density at radius 3 is 2.76 bits per heavy atom. The Labute approximate surface area is 111 Å². The van der Waals surface area contributed by atoms with E-state index < -0.39 is 0 Å². The minimum Gasteiger partial charge on any atom is -0.508 e. The van der Waals surface area contributed by atoms with E-state index in [0.717, 1.165) is 35.8 Å². The van der Waals surface area contributed by atoms with Crippen LogP contribution in [0.3, 0.4) is 0 Å². The molecule has 0 bridgehead atoms. The molecule has 0 aliphatic rings. The molecule has 0 spiro atoms. The number of unbranched alkanes of at least 4 members (excludes halogenated alkanes) is 1. The second kappa shape index (κ2) is 7.69. The highest BCUT2D eigenvalue weighted by Crippen LogP contribution is 2.29. The SMILES string of the molecule is CCC(NCCCCO)c1cc(Br)ccc1O. The van der Waals surface area contributed by atoms with Crippen LogP contribution in [0.15, 0.2) is 22.7 Å². The van der Waals surface area contributed by atoms with Gasteiger partial charge in [-0.2, -0.15) is 0 Å². The molecule has 3 nitrogen and oxygen atoms in total. The number of phenolic OH excluding ortho intramolecular Hbond substituents is 1. The van der Waals surface area contributed by atoms with Crippen molar-refractivity contribution in [3.63, 3.8) is 0 Å². The van der Waals surface area contributed by atoms with Gasteiger partial charge in [-0.25, -0.2) is 0 Å². The summed E-state index contributed by atoms with van der Waals surface area (Å²) in [5, 5.41) is 21.9. The topological polar surface area (TPSA) is 52.5 Å². The summed E-state index contributed by atoms with van der Waals surface area (Å²) in [6, 6.07) is 5.64. The van der Waals surface area contributed by atoms with E-state index in [1.54, 1.807) is 6.07 Å². The van der Waals surface area contributed by atoms with Crippen LogP contribution in [0.25, 0.3) is 0 Å². The second-order valence-electron chi connectivity index (χ2n) is 4.05. The quantitative estimate of drug-likeness (QED) is 0.679. The lowest BCUT2D eigenvalue weighted by Gasteiger charge is -2.18. The number of hydrogen-bond donors (Lipinski definition) is 3. The molecule has 0 fully saturated rings. The lowest BCUT2D eigenvalue weighted by Crippen LogP contribution is -2.22. The summed E-state index contributed by atoms with van der Waals surface area (Å²) in [7, 11) is 0. The molecule has 0 amide bonds. The normalized spacial score (nSPS) is 12.6. The predicted molar refractivity (Wildman–Crippen MR) is 73.2 cm³/mol. The molecule has 4 heteroatoms. The molecule has 1 unspecified atom stereocenters. The maximum Gasteiger partial charge on any atom is 0.120 e. The third-order valence-corrected chi connectivity index (χ3v) is 3.24. The number of aliphatic hydroxyl groups excluding tert-OH is 1. The minimum atomic E-state index is 0.159. The maximum atomic E-state index is 9.84. The van der Waals surface area contributed by atoms with Gasteiger partial charge in [0.05, 0.1) is 0 Å². The number of rotatable bonds is 7. The van der Waals surface area contributed by atoms with Crippen molar-refractivity contribution < 1.29 is 10.2 Å². The highest BCUT2D eigenvalue weighted by atomic mass is 79.9. The first-order chi connectivity index (χ1) is 8.19. The van der Waals surface area contributed by atoms with Crippen LogP contribution in [-0.2, 0) is 0 Å². The predicted octanol–water partition coefficient (Wildman–Crippen LogP) is 2.97. The fraction of sp³-hybridized carbons (Fsp3) is 0.538. The zero-order valence-electron chi connectivity index (χ0n) is 10.1. The minimum absolute atomic E-state index is 0.159. The summed E-state index contributed by atoms with van der Waals surface area (Å²) >= 11 is 3.41. The molecule has 17 heavy (non-hydrogen) atoms. The van der Waals surface area contributed by atoms with Gasteiger partial charge in [-0.1, -0.05) is 22.9 Å². The molecule has 1 atom stereocenters. The van der Waals surface area contributed by atoms with Gasteiger partial charge in [-0.3, -0.25) is 0 Å². The van der Waals surface area contributed by atoms with Crippen LogP contribution in [0.2, 0.25) is 0 Å². The number of nitrogens with one attached hydrogen (secondary N) is 1. The Bertz CT molecular complexity index is 344. The molecular weight excluding hydrogens is 282 g/mol. The molecule has 1 aromatic rings. The number of phenols is 1. The molecule has 3 N–H and O–H groups in total. The van der Waals surface area contributed by atoms with E-state index >= 15 is 0 Å². The van der Waals surface area contributed by atoms with Crippen LogP contribution in [0.5, 0.6) is 5.75 Å². The number of aliphatic hydroxyl groups is 1. The summed E-state index contributed by atoms with van der Waals surface area (Å²) in [5.74, 6) is 0.328. The highest BCUT2D eigenvalue weighted by molar-refractivity contribution is 9.10. The average molecular weight is 302 g/mol. The fourth-order valence-electron chi connectivity index (χ4n) is 1.79. The molecule has 0 saturated carbocycles. The Kier molecular flexibility index (Phi) is 6.55. The van der Waals surface area contributed by atoms with E-state index in [9.17, 15) is 5.11 Å². The second-order valence-corrected chi connectivity index (χ2v) is 4.96. The average Bonchev–Trinajstić information content (AvgIpc) is 2.33. The molecule has 1 aromatic carbocycles. The van der Waals surface area contributed by atoms with Crippen LogP contribution >= 0.6 is 15.9 Å². The summed E-state index contributed by atoms with van der Waals surface area (Å²) in [6.45, 7) is 3.18. The molecule has 0 aliphatic heterocycles. The van der Waals surface area contributed by atoms with Crippen LogP contribution in [0, 0.1) is 0 Å². The Morgan fingerprint density at radius 2 is 2.12 bits per heavy atom. The molecule has 0 saturated heterocycles. The zero-order chi connectivity index (χ0) is 12.7. The van der Waals surface area contributed by atoms with Crippen molar-refractivity contribution in [3.8, 4) is 5.75 Å². The van der Waals surface area contributed by atoms with Crippen LogP contribution < -0.4 is 5.32 Å². The van der Waals surface area contributed by atoms with Crippen LogP contribution in [0.1, 0.15) is 37.8 Å². The lowest BCUT2D eigenvalue weighted by molar-refractivity contribution is 0.282. The van der Waals surface area contributed by atoms with E-state index in [-0.39, 0.29) is 12.6 Å². The summed E-state index contributed by atoms with van der Waals surface area (Å²) in [5.41, 5.74) is 0.922. The zero-order valence-corrected chi connectivity index (χ0v) is 11.7. The molecule has 1 rings (SSSR count). The number of benzene rings is 1. The Hall–Kier alpha value is -0.580. The van der Waals surface area contributed by atoms with Gasteiger partial charge < -0.3 is 15.5 Å². The van der Waals surface area contributed by atoms with E-state index in [4.69, 9.17) is 5.11 Å². The largest absolute Gasteiger partial charge is 0.508 e. The van der Waals surface area contributed by atoms with Crippen LogP contribution in [0.4, 0.5) is 0 Å². The van der Waals surface area contributed by atoms with E-state index in [2.05, 4.69) is 28.2 Å². The van der Waals surface area contributed by atoms with Crippen molar-refractivity contribution in [2.45, 2.75) is 32.2 Å². The summed E-state index contributed by atoms with van der Waals surface area (Å²) in [4.78, 5) is 0. The first-order valence-electron chi connectivity index (χ1n) is 6.01. The van der Waals surface area contributed by atoms with Crippen molar-refractivity contribution in [1.29, 1.82) is 0 Å². The van der Waals surface area contributed by atoms with E-state index in [1.807, 2.05) is 12.1 Å². The van der Waals surface area contributed by atoms with Gasteiger partial charge >= 0.3 is 0 Å². The van der Waals surface area contributed by atoms with Crippen molar-refractivity contribution >= 4 is 15.9 Å². The van der Waals surface area contributed by atoms with Gasteiger partial charge in [-0.05, 0) is 44.0 Å². The molecule has 0 aliphatic carbocycles. The third kappa shape index (κ3) is 4.66. The summed E-state index contributed by atoms with van der Waals surface area (Å²) in [6.07, 6.45) is 2.68. The molecular formula is C13H20BrNO2. The first kappa shape index (κ1) is 14.5. The fourth-order valence-corrected chi connectivity index (χ4v) is 2.17. The molecule has 0 aromatic heterocycles. The van der Waals surface area contributed by atoms with E-state index in [0.29, 0.717) is 5.75 Å². The van der Waals surface area contributed by atoms with Gasteiger partial charge in [0.25, 0.3) is 0 Å². The first-order valence-corrected chi connectivity index (χ1v) is 6.81. The van der Waals surface area contributed by atoms with Gasteiger partial charge in [0.1, 0.15) is 5.75 Å². The Morgan fingerprint density at radius 1 is 1.35 bits per heavy atom. The van der Waals surface area contributed by atoms with Gasteiger partial charge in [0, 0.05) is 22.7 Å². The van der Waals surface area contributed by atoms with Gasteiger partial charge in [-0.15, -0.1) is 0 Å². The standard InChI is InChI=1S/C13H20BrNO2/c1-2-12(15-7-3-4-8-16)11-9-10(14)5-6-13(11)17/h5-6,9,12,15-17H,2-4,7-8H2,1H3. The van der Waals surface area contributed by atoms with E-state index in [1.165, 1.54) is 0 Å². The lowest BCUT2D eigenvalue weighted by atomic mass is 10.0. The monoisotopic (exact) mass is 301 g/mol. The van der Waals surface area contributed by atoms with Crippen molar-refractivity contribution in [3.05, 3.63) is 28.2 Å². The third-order valence-electron chi connectivity index (χ3n) is 2.75. The highest BCUT2D eigenvalue weighted by Gasteiger charge is 2.12. The van der Waals surface area contributed by atoms with Gasteiger partial charge in [0.15, 0.2) is 0 Å². The Balaban J connectivity index is 2.62. The maximum absolute atomic E-state index is 9.84. The van der Waals surface area contributed by atoms with Crippen LogP contribution in [-0.4, -0.2) is 23.4 Å². The van der Waals surface area contributed by atoms with Crippen molar-refractivity contribution in [2.24, 2.45) is 0 Å². The molecule has 96 valence electrons. The number of aromatic hydroxyl groups is 1. The smallest absolute Gasteiger partial charge is 0.120 e. The number of hydrogen-bond acceptors (Lipinski definition) is 3. The van der Waals surface area contributed by atoms with Crippen molar-refractivity contribution in [1.82, 2.24) is 5.32 Å².